The number of carboxylic acids is 1. The quantitative estimate of drug-likeness (QED) is 0.199. The number of nitrogens with two attached hydrogens (primary N) is 3. The molecule has 40 heavy (non-hydrogen) atoms. The molecule has 0 bridgehead atoms. The van der Waals surface area contributed by atoms with Crippen molar-refractivity contribution in [3.63, 3.8) is 0 Å². The van der Waals surface area contributed by atoms with Gasteiger partial charge >= 0.3 is 11.9 Å². The standard InChI is InChI=1S/C32H51N3O5/c1-16(2)18-7-6-8-19(13-18)25(29(38)39)26-23(40-17(3)36)15-31(5)27(26)21(33)14-24-30(4)11-10-22(37)28(34)20(30)9-12-32(24,31)35/h19-24,27-28,37H,6-15,33-35H2,1-5H3,(H,38,39)/b26-25+/t19?,20-,21+,22+,23-,24-,27-,28-,30-,31-,32+/m0/s1. The van der Waals surface area contributed by atoms with Crippen molar-refractivity contribution in [1.29, 1.82) is 0 Å². The van der Waals surface area contributed by atoms with Crippen molar-refractivity contribution < 1.29 is 24.5 Å². The van der Waals surface area contributed by atoms with E-state index in [1.807, 2.05) is 0 Å². The van der Waals surface area contributed by atoms with E-state index in [9.17, 15) is 19.8 Å². The number of aliphatic hydroxyl groups is 1. The van der Waals surface area contributed by atoms with E-state index < -0.39 is 35.1 Å². The molecular formula is C32H51N3O5. The first-order valence-corrected chi connectivity index (χ1v) is 15.4. The van der Waals surface area contributed by atoms with Gasteiger partial charge in [-0.1, -0.05) is 25.0 Å². The minimum absolute atomic E-state index is 0.0751. The summed E-state index contributed by atoms with van der Waals surface area (Å²) < 4.78 is 5.98. The average Bonchev–Trinajstić information content (AvgIpc) is 3.16. The number of aliphatic hydroxyl groups excluding tert-OH is 1. The Kier molecular flexibility index (Phi) is 7.59. The summed E-state index contributed by atoms with van der Waals surface area (Å²) in [7, 11) is 0. The molecule has 224 valence electrons. The molecule has 0 amide bonds. The molecule has 5 rings (SSSR count). The van der Waals surface area contributed by atoms with Gasteiger partial charge < -0.3 is 32.2 Å². The number of carbonyl (C=O) groups excluding carboxylic acids is 1. The van der Waals surface area contributed by atoms with E-state index >= 15 is 0 Å². The van der Waals surface area contributed by atoms with Gasteiger partial charge in [0.05, 0.1) is 6.10 Å². The molecule has 5 saturated carbocycles. The van der Waals surface area contributed by atoms with Crippen LogP contribution >= 0.6 is 0 Å². The van der Waals surface area contributed by atoms with Crippen molar-refractivity contribution in [2.45, 2.75) is 129 Å². The molecule has 8 heteroatoms. The van der Waals surface area contributed by atoms with E-state index in [4.69, 9.17) is 21.9 Å². The second-order valence-corrected chi connectivity index (χ2v) is 14.6. The van der Waals surface area contributed by atoms with Gasteiger partial charge in [-0.3, -0.25) is 4.79 Å². The van der Waals surface area contributed by atoms with Crippen LogP contribution in [0.4, 0.5) is 0 Å². The first-order valence-electron chi connectivity index (χ1n) is 15.4. The lowest BCUT2D eigenvalue weighted by Gasteiger charge is -2.68. The van der Waals surface area contributed by atoms with E-state index in [0.717, 1.165) is 44.9 Å². The van der Waals surface area contributed by atoms with Gasteiger partial charge in [0.25, 0.3) is 0 Å². The highest BCUT2D eigenvalue weighted by Gasteiger charge is 2.71. The molecular weight excluding hydrogens is 506 g/mol. The van der Waals surface area contributed by atoms with Crippen LogP contribution in [0.5, 0.6) is 0 Å². The Labute approximate surface area is 239 Å². The first-order chi connectivity index (χ1) is 18.7. The van der Waals surface area contributed by atoms with E-state index in [2.05, 4.69) is 27.7 Å². The van der Waals surface area contributed by atoms with Gasteiger partial charge in [0.1, 0.15) is 6.10 Å². The summed E-state index contributed by atoms with van der Waals surface area (Å²) in [5.74, 6) is -1.54. The van der Waals surface area contributed by atoms with Crippen LogP contribution in [0, 0.1) is 34.5 Å². The fraction of sp³-hybridized carbons (Fsp3) is 0.812. The highest BCUT2D eigenvalue weighted by Crippen LogP contribution is 2.69. The highest BCUT2D eigenvalue weighted by atomic mass is 16.5. The van der Waals surface area contributed by atoms with E-state index in [0.29, 0.717) is 30.4 Å². The topological polar surface area (TPSA) is 162 Å². The van der Waals surface area contributed by atoms with Crippen LogP contribution < -0.4 is 17.2 Å². The molecule has 0 aliphatic heterocycles. The van der Waals surface area contributed by atoms with Crippen LogP contribution in [0.2, 0.25) is 0 Å². The molecule has 0 saturated heterocycles. The van der Waals surface area contributed by atoms with Gasteiger partial charge in [0.2, 0.25) is 0 Å². The summed E-state index contributed by atoms with van der Waals surface area (Å²) in [4.78, 5) is 25.5. The van der Waals surface area contributed by atoms with Crippen LogP contribution in [0.1, 0.15) is 98.8 Å². The van der Waals surface area contributed by atoms with E-state index in [1.165, 1.54) is 18.1 Å². The Bertz CT molecular complexity index is 1130. The normalized spacial score (nSPS) is 48.0. The molecule has 0 aromatic carbocycles. The van der Waals surface area contributed by atoms with Gasteiger partial charge in [0, 0.05) is 36.0 Å². The second kappa shape index (κ2) is 10.2. The fourth-order valence-corrected chi connectivity index (χ4v) is 10.5. The average molecular weight is 558 g/mol. The number of rotatable bonds is 3. The number of aliphatic carboxylic acids is 1. The Morgan fingerprint density at radius 3 is 2.38 bits per heavy atom. The van der Waals surface area contributed by atoms with Crippen molar-refractivity contribution in [2.24, 2.45) is 51.7 Å². The lowest BCUT2D eigenvalue weighted by atomic mass is 9.39. The summed E-state index contributed by atoms with van der Waals surface area (Å²) in [6.45, 7) is 10.1. The smallest absolute Gasteiger partial charge is 0.331 e. The SMILES string of the molecule is CC(=O)O[C@H]1C[C@@]2(C)[C@H](/C1=C(/C(=O)O)C1CCCC(=C(C)C)C1)[C@H](N)C[C@H]1[C@@]3(C)CC[C@@H](O)[C@@H](N)[C@@H]3CC[C@@]12N. The molecule has 5 aliphatic carbocycles. The van der Waals surface area contributed by atoms with Crippen LogP contribution in [0.15, 0.2) is 22.3 Å². The van der Waals surface area contributed by atoms with Crippen molar-refractivity contribution in [3.8, 4) is 0 Å². The van der Waals surface area contributed by atoms with Gasteiger partial charge in [-0.05, 0) is 112 Å². The zero-order valence-corrected chi connectivity index (χ0v) is 25.0. The Morgan fingerprint density at radius 2 is 1.75 bits per heavy atom. The Balaban J connectivity index is 1.64. The maximum atomic E-state index is 13.1. The number of allylic oxidation sites excluding steroid dienone is 2. The number of hydrogen-bond acceptors (Lipinski definition) is 7. The molecule has 0 spiro atoms. The highest BCUT2D eigenvalue weighted by molar-refractivity contribution is 5.89. The minimum atomic E-state index is -0.931. The monoisotopic (exact) mass is 557 g/mol. The lowest BCUT2D eigenvalue weighted by molar-refractivity contribution is -0.158. The Hall–Kier alpha value is -1.74. The van der Waals surface area contributed by atoms with E-state index in [-0.39, 0.29) is 41.2 Å². The Morgan fingerprint density at radius 1 is 1.05 bits per heavy atom. The number of hydrogen-bond donors (Lipinski definition) is 5. The van der Waals surface area contributed by atoms with Gasteiger partial charge in [-0.2, -0.15) is 0 Å². The predicted molar refractivity (Wildman–Crippen MR) is 154 cm³/mol. The zero-order chi connectivity index (χ0) is 29.4. The third kappa shape index (κ3) is 4.31. The van der Waals surface area contributed by atoms with Crippen molar-refractivity contribution in [3.05, 3.63) is 22.3 Å². The molecule has 5 aliphatic rings. The van der Waals surface area contributed by atoms with Crippen LogP contribution in [0.3, 0.4) is 0 Å². The van der Waals surface area contributed by atoms with Crippen LogP contribution in [0.25, 0.3) is 0 Å². The van der Waals surface area contributed by atoms with Crippen LogP contribution in [-0.2, 0) is 14.3 Å². The predicted octanol–water partition coefficient (Wildman–Crippen LogP) is 3.80. The zero-order valence-electron chi connectivity index (χ0n) is 25.0. The summed E-state index contributed by atoms with van der Waals surface area (Å²) in [6, 6.07) is -0.603. The van der Waals surface area contributed by atoms with Gasteiger partial charge in [-0.25, -0.2) is 4.79 Å². The molecule has 0 heterocycles. The third-order valence-electron chi connectivity index (χ3n) is 12.5. The molecule has 1 unspecified atom stereocenters. The maximum Gasteiger partial charge on any atom is 0.331 e. The molecule has 5 fully saturated rings. The molecule has 0 aromatic rings. The molecule has 0 aromatic heterocycles. The first kappa shape index (κ1) is 29.7. The fourth-order valence-electron chi connectivity index (χ4n) is 10.5. The molecule has 8 N–H and O–H groups in total. The number of carboxylic acid groups (broad SMARTS) is 1. The van der Waals surface area contributed by atoms with Crippen molar-refractivity contribution in [1.82, 2.24) is 0 Å². The van der Waals surface area contributed by atoms with Crippen LogP contribution in [-0.4, -0.2) is 52.0 Å². The number of fused-ring (bicyclic) bond motifs is 5. The lowest BCUT2D eigenvalue weighted by Crippen LogP contribution is -2.74. The van der Waals surface area contributed by atoms with Gasteiger partial charge in [-0.15, -0.1) is 0 Å². The largest absolute Gasteiger partial charge is 0.478 e. The molecule has 8 nitrogen and oxygen atoms in total. The number of esters is 1. The maximum absolute atomic E-state index is 13.1. The minimum Gasteiger partial charge on any atom is -0.478 e. The summed E-state index contributed by atoms with van der Waals surface area (Å²) >= 11 is 0. The summed E-state index contributed by atoms with van der Waals surface area (Å²) in [6.07, 6.45) is 6.47. The van der Waals surface area contributed by atoms with Crippen molar-refractivity contribution >= 4 is 11.9 Å². The number of carbonyl (C=O) groups is 2. The molecule has 11 atom stereocenters. The summed E-state index contributed by atoms with van der Waals surface area (Å²) in [5.41, 5.74) is 23.7. The van der Waals surface area contributed by atoms with E-state index in [1.54, 1.807) is 0 Å². The second-order valence-electron chi connectivity index (χ2n) is 14.6. The third-order valence-corrected chi connectivity index (χ3v) is 12.5. The van der Waals surface area contributed by atoms with Crippen molar-refractivity contribution in [2.75, 3.05) is 0 Å². The molecule has 0 radical (unpaired) electrons. The summed E-state index contributed by atoms with van der Waals surface area (Å²) in [5, 5.41) is 21.3. The van der Waals surface area contributed by atoms with Gasteiger partial charge in [0.15, 0.2) is 0 Å². The number of ether oxygens (including phenoxy) is 1.